The Labute approximate surface area is 140 Å². The standard InChI is InChI=1S/C14H16N4O2.2ClH/c1-9-13(17-6-7-20-9)14(19)18-12-3-5-16-11-2-4-15-8-10(11)12;;/h2-5,8-9,13,17H,6-7H2,1H3,(H,16,18,19);2*1H/t9-,13+;;/m1../s1. The Balaban J connectivity index is 0.00000121. The Hall–Kier alpha value is -1.47. The van der Waals surface area contributed by atoms with Crippen molar-refractivity contribution in [1.82, 2.24) is 15.3 Å². The zero-order valence-electron chi connectivity index (χ0n) is 12.0. The van der Waals surface area contributed by atoms with Gasteiger partial charge in [0.2, 0.25) is 5.91 Å². The minimum atomic E-state index is -0.344. The van der Waals surface area contributed by atoms with E-state index in [0.717, 1.165) is 10.9 Å². The highest BCUT2D eigenvalue weighted by atomic mass is 35.5. The van der Waals surface area contributed by atoms with Gasteiger partial charge in [-0.2, -0.15) is 0 Å². The van der Waals surface area contributed by atoms with Gasteiger partial charge in [-0.1, -0.05) is 0 Å². The third-order valence-corrected chi connectivity index (χ3v) is 3.40. The maximum Gasteiger partial charge on any atom is 0.244 e. The number of aromatic nitrogens is 2. The Morgan fingerprint density at radius 2 is 2.18 bits per heavy atom. The van der Waals surface area contributed by atoms with E-state index < -0.39 is 0 Å². The van der Waals surface area contributed by atoms with Crippen LogP contribution >= 0.6 is 24.8 Å². The van der Waals surface area contributed by atoms with Crippen molar-refractivity contribution in [1.29, 1.82) is 0 Å². The van der Waals surface area contributed by atoms with Gasteiger partial charge >= 0.3 is 0 Å². The van der Waals surface area contributed by atoms with Gasteiger partial charge < -0.3 is 15.4 Å². The van der Waals surface area contributed by atoms with Crippen molar-refractivity contribution in [2.75, 3.05) is 18.5 Å². The number of pyridine rings is 2. The molecule has 8 heteroatoms. The number of ether oxygens (including phenoxy) is 1. The lowest BCUT2D eigenvalue weighted by Crippen LogP contribution is -2.53. The molecular formula is C14H18Cl2N4O2. The van der Waals surface area contributed by atoms with E-state index in [9.17, 15) is 4.79 Å². The molecule has 0 bridgehead atoms. The fraction of sp³-hybridized carbons (Fsp3) is 0.357. The minimum Gasteiger partial charge on any atom is -0.375 e. The number of carbonyl (C=O) groups is 1. The number of rotatable bonds is 2. The highest BCUT2D eigenvalue weighted by Crippen LogP contribution is 2.20. The van der Waals surface area contributed by atoms with Gasteiger partial charge in [-0.25, -0.2) is 0 Å². The summed E-state index contributed by atoms with van der Waals surface area (Å²) in [6, 6.07) is 3.25. The van der Waals surface area contributed by atoms with Gasteiger partial charge in [0.05, 0.1) is 23.9 Å². The minimum absolute atomic E-state index is 0. The number of anilines is 1. The highest BCUT2D eigenvalue weighted by Gasteiger charge is 2.28. The van der Waals surface area contributed by atoms with Gasteiger partial charge in [-0.05, 0) is 19.1 Å². The summed E-state index contributed by atoms with van der Waals surface area (Å²) >= 11 is 0. The molecule has 22 heavy (non-hydrogen) atoms. The van der Waals surface area contributed by atoms with Crippen LogP contribution < -0.4 is 10.6 Å². The molecule has 2 aromatic rings. The third kappa shape index (κ3) is 3.84. The second kappa shape index (κ2) is 8.24. The van der Waals surface area contributed by atoms with Crippen LogP contribution in [0, 0.1) is 0 Å². The molecule has 6 nitrogen and oxygen atoms in total. The smallest absolute Gasteiger partial charge is 0.244 e. The maximum absolute atomic E-state index is 12.3. The topological polar surface area (TPSA) is 76.1 Å². The first-order chi connectivity index (χ1) is 9.75. The summed E-state index contributed by atoms with van der Waals surface area (Å²) in [5.41, 5.74) is 1.52. The van der Waals surface area contributed by atoms with Crippen LogP contribution in [0.2, 0.25) is 0 Å². The average Bonchev–Trinajstić information content (AvgIpc) is 2.48. The van der Waals surface area contributed by atoms with Gasteiger partial charge in [0, 0.05) is 30.5 Å². The van der Waals surface area contributed by atoms with Gasteiger partial charge in [-0.15, -0.1) is 24.8 Å². The van der Waals surface area contributed by atoms with Crippen molar-refractivity contribution in [3.63, 3.8) is 0 Å². The number of morpholine rings is 1. The van der Waals surface area contributed by atoms with Gasteiger partial charge in [-0.3, -0.25) is 14.8 Å². The fourth-order valence-electron chi connectivity index (χ4n) is 2.34. The van der Waals surface area contributed by atoms with E-state index in [1.54, 1.807) is 24.7 Å². The number of nitrogens with one attached hydrogen (secondary N) is 2. The monoisotopic (exact) mass is 344 g/mol. The van der Waals surface area contributed by atoms with E-state index in [1.807, 2.05) is 13.0 Å². The number of carbonyl (C=O) groups excluding carboxylic acids is 1. The van der Waals surface area contributed by atoms with Crippen LogP contribution in [-0.4, -0.2) is 41.2 Å². The van der Waals surface area contributed by atoms with Crippen LogP contribution in [0.1, 0.15) is 6.92 Å². The summed E-state index contributed by atoms with van der Waals surface area (Å²) in [5.74, 6) is -0.103. The third-order valence-electron chi connectivity index (χ3n) is 3.40. The lowest BCUT2D eigenvalue weighted by atomic mass is 10.1. The van der Waals surface area contributed by atoms with Crippen molar-refractivity contribution in [2.45, 2.75) is 19.1 Å². The average molecular weight is 345 g/mol. The number of hydrogen-bond donors (Lipinski definition) is 2. The Kier molecular flexibility index (Phi) is 6.96. The molecule has 2 atom stereocenters. The first kappa shape index (κ1) is 18.6. The van der Waals surface area contributed by atoms with Crippen LogP contribution in [0.15, 0.2) is 30.7 Å². The second-order valence-corrected chi connectivity index (χ2v) is 4.75. The predicted octanol–water partition coefficient (Wildman–Crippen LogP) is 1.79. The molecule has 2 aromatic heterocycles. The van der Waals surface area contributed by atoms with Crippen LogP contribution in [-0.2, 0) is 9.53 Å². The number of fused-ring (bicyclic) bond motifs is 1. The van der Waals surface area contributed by atoms with Gasteiger partial charge in [0.25, 0.3) is 0 Å². The first-order valence-electron chi connectivity index (χ1n) is 6.60. The van der Waals surface area contributed by atoms with Crippen LogP contribution in [0.4, 0.5) is 5.69 Å². The number of amides is 1. The zero-order valence-corrected chi connectivity index (χ0v) is 13.6. The van der Waals surface area contributed by atoms with Crippen LogP contribution in [0.5, 0.6) is 0 Å². The number of nitrogens with zero attached hydrogens (tertiary/aromatic N) is 2. The number of halogens is 2. The summed E-state index contributed by atoms with van der Waals surface area (Å²) < 4.78 is 5.49. The Bertz CT molecular complexity index is 636. The second-order valence-electron chi connectivity index (χ2n) is 4.75. The van der Waals surface area contributed by atoms with E-state index in [2.05, 4.69) is 20.6 Å². The lowest BCUT2D eigenvalue weighted by molar-refractivity contribution is -0.123. The Morgan fingerprint density at radius 1 is 1.36 bits per heavy atom. The first-order valence-corrected chi connectivity index (χ1v) is 6.60. The predicted molar refractivity (Wildman–Crippen MR) is 89.9 cm³/mol. The van der Waals surface area contributed by atoms with Crippen LogP contribution in [0.25, 0.3) is 10.9 Å². The summed E-state index contributed by atoms with van der Waals surface area (Å²) in [4.78, 5) is 20.6. The van der Waals surface area contributed by atoms with Crippen molar-refractivity contribution in [2.24, 2.45) is 0 Å². The molecule has 1 fully saturated rings. The SMILES string of the molecule is C[C@H]1OCCN[C@@H]1C(=O)Nc1ccnc2ccncc12.Cl.Cl. The van der Waals surface area contributed by atoms with Crippen molar-refractivity contribution < 1.29 is 9.53 Å². The Morgan fingerprint density at radius 3 is 2.95 bits per heavy atom. The molecule has 0 saturated carbocycles. The van der Waals surface area contributed by atoms with Crippen LogP contribution in [0.3, 0.4) is 0 Å². The molecule has 3 heterocycles. The molecule has 0 unspecified atom stereocenters. The molecule has 1 aliphatic heterocycles. The van der Waals surface area contributed by atoms with E-state index in [1.165, 1.54) is 0 Å². The zero-order chi connectivity index (χ0) is 13.9. The molecule has 0 aromatic carbocycles. The summed E-state index contributed by atoms with van der Waals surface area (Å²) in [6.07, 6.45) is 4.91. The van der Waals surface area contributed by atoms with Crippen molar-refractivity contribution in [3.05, 3.63) is 30.7 Å². The lowest BCUT2D eigenvalue weighted by Gasteiger charge is -2.29. The van der Waals surface area contributed by atoms with Gasteiger partial charge in [0.1, 0.15) is 6.04 Å². The molecule has 1 saturated heterocycles. The fourth-order valence-corrected chi connectivity index (χ4v) is 2.34. The molecule has 0 aliphatic carbocycles. The van der Waals surface area contributed by atoms with E-state index in [-0.39, 0.29) is 42.9 Å². The van der Waals surface area contributed by atoms with Gasteiger partial charge in [0.15, 0.2) is 0 Å². The maximum atomic E-state index is 12.3. The largest absolute Gasteiger partial charge is 0.375 e. The van der Waals surface area contributed by atoms with E-state index >= 15 is 0 Å². The highest BCUT2D eigenvalue weighted by molar-refractivity contribution is 6.02. The molecule has 1 aliphatic rings. The molecule has 120 valence electrons. The van der Waals surface area contributed by atoms with E-state index in [0.29, 0.717) is 18.8 Å². The molecular weight excluding hydrogens is 327 g/mol. The number of hydrogen-bond acceptors (Lipinski definition) is 5. The van der Waals surface area contributed by atoms with Crippen molar-refractivity contribution in [3.8, 4) is 0 Å². The van der Waals surface area contributed by atoms with Crippen molar-refractivity contribution >= 4 is 47.3 Å². The molecule has 2 N–H and O–H groups in total. The molecule has 0 radical (unpaired) electrons. The quantitative estimate of drug-likeness (QED) is 0.868. The molecule has 1 amide bonds. The summed E-state index contributed by atoms with van der Waals surface area (Å²) in [6.45, 7) is 3.21. The van der Waals surface area contributed by atoms with E-state index in [4.69, 9.17) is 4.74 Å². The molecule has 0 spiro atoms. The normalized spacial score (nSPS) is 20.6. The summed E-state index contributed by atoms with van der Waals surface area (Å²) in [7, 11) is 0. The summed E-state index contributed by atoms with van der Waals surface area (Å²) in [5, 5.41) is 6.92. The molecule has 3 rings (SSSR count).